The van der Waals surface area contributed by atoms with Crippen LogP contribution in [0.1, 0.15) is 31.1 Å². The number of benzene rings is 1. The summed E-state index contributed by atoms with van der Waals surface area (Å²) in [6, 6.07) is 3.85. The average Bonchev–Trinajstić information content (AvgIpc) is 2.28. The van der Waals surface area contributed by atoms with Gasteiger partial charge in [-0.25, -0.2) is 4.39 Å². The molecule has 4 nitrogen and oxygen atoms in total. The standard InChI is InChI=1S/C13H19FN2O2/c1-8(15)13(2,3)16-12(17)9-5-6-11(18-4)10(14)7-9/h5-8H,15H2,1-4H3,(H,16,17). The van der Waals surface area contributed by atoms with E-state index in [-0.39, 0.29) is 23.3 Å². The van der Waals surface area contributed by atoms with Gasteiger partial charge in [0.1, 0.15) is 0 Å². The van der Waals surface area contributed by atoms with Gasteiger partial charge in [-0.1, -0.05) is 0 Å². The Morgan fingerprint density at radius 3 is 2.56 bits per heavy atom. The minimum absolute atomic E-state index is 0.109. The lowest BCUT2D eigenvalue weighted by Crippen LogP contribution is -2.54. The van der Waals surface area contributed by atoms with Gasteiger partial charge >= 0.3 is 0 Å². The molecule has 0 saturated heterocycles. The van der Waals surface area contributed by atoms with Gasteiger partial charge in [-0.2, -0.15) is 0 Å². The zero-order valence-electron chi connectivity index (χ0n) is 11.1. The minimum Gasteiger partial charge on any atom is -0.494 e. The number of methoxy groups -OCH3 is 1. The Labute approximate surface area is 106 Å². The zero-order chi connectivity index (χ0) is 13.9. The third-order valence-corrected chi connectivity index (χ3v) is 2.99. The zero-order valence-corrected chi connectivity index (χ0v) is 11.1. The molecule has 0 aliphatic carbocycles. The first-order valence-corrected chi connectivity index (χ1v) is 5.69. The van der Waals surface area contributed by atoms with Gasteiger partial charge < -0.3 is 15.8 Å². The minimum atomic E-state index is -0.566. The number of carbonyl (C=O) groups excluding carboxylic acids is 1. The lowest BCUT2D eigenvalue weighted by molar-refractivity contribution is 0.0903. The molecule has 0 radical (unpaired) electrons. The Hall–Kier alpha value is -1.62. The van der Waals surface area contributed by atoms with Crippen LogP contribution in [-0.4, -0.2) is 24.6 Å². The Kier molecular flexibility index (Phi) is 4.29. The van der Waals surface area contributed by atoms with Crippen molar-refractivity contribution in [2.45, 2.75) is 32.4 Å². The van der Waals surface area contributed by atoms with Crippen molar-refractivity contribution < 1.29 is 13.9 Å². The number of carbonyl (C=O) groups is 1. The third-order valence-electron chi connectivity index (χ3n) is 2.99. The van der Waals surface area contributed by atoms with Crippen LogP contribution < -0.4 is 15.8 Å². The molecule has 0 fully saturated rings. The van der Waals surface area contributed by atoms with Crippen LogP contribution in [0.5, 0.6) is 5.75 Å². The molecule has 3 N–H and O–H groups in total. The fraction of sp³-hybridized carbons (Fsp3) is 0.462. The maximum atomic E-state index is 13.5. The van der Waals surface area contributed by atoms with Crippen molar-refractivity contribution in [2.75, 3.05) is 7.11 Å². The van der Waals surface area contributed by atoms with Crippen LogP contribution in [0.3, 0.4) is 0 Å². The first-order valence-electron chi connectivity index (χ1n) is 5.69. The maximum Gasteiger partial charge on any atom is 0.251 e. The second-order valence-electron chi connectivity index (χ2n) is 4.81. The number of amides is 1. The molecular formula is C13H19FN2O2. The number of nitrogens with two attached hydrogens (primary N) is 1. The smallest absolute Gasteiger partial charge is 0.251 e. The van der Waals surface area contributed by atoms with Crippen molar-refractivity contribution >= 4 is 5.91 Å². The second kappa shape index (κ2) is 5.35. The van der Waals surface area contributed by atoms with Crippen molar-refractivity contribution in [3.8, 4) is 5.75 Å². The van der Waals surface area contributed by atoms with E-state index < -0.39 is 11.4 Å². The fourth-order valence-corrected chi connectivity index (χ4v) is 1.29. The van der Waals surface area contributed by atoms with Gasteiger partial charge in [0.25, 0.3) is 5.91 Å². The van der Waals surface area contributed by atoms with E-state index in [1.54, 1.807) is 6.92 Å². The molecule has 5 heteroatoms. The largest absolute Gasteiger partial charge is 0.494 e. The maximum absolute atomic E-state index is 13.5. The van der Waals surface area contributed by atoms with Crippen LogP contribution in [0.4, 0.5) is 4.39 Å². The highest BCUT2D eigenvalue weighted by atomic mass is 19.1. The molecule has 1 aromatic carbocycles. The highest BCUT2D eigenvalue weighted by Crippen LogP contribution is 2.18. The molecule has 18 heavy (non-hydrogen) atoms. The lowest BCUT2D eigenvalue weighted by Gasteiger charge is -2.30. The first-order chi connectivity index (χ1) is 8.27. The predicted molar refractivity (Wildman–Crippen MR) is 68.1 cm³/mol. The van der Waals surface area contributed by atoms with E-state index in [1.807, 2.05) is 13.8 Å². The van der Waals surface area contributed by atoms with Gasteiger partial charge in [-0.15, -0.1) is 0 Å². The monoisotopic (exact) mass is 254 g/mol. The van der Waals surface area contributed by atoms with E-state index in [2.05, 4.69) is 5.32 Å². The summed E-state index contributed by atoms with van der Waals surface area (Å²) in [5.41, 5.74) is 5.44. The summed E-state index contributed by atoms with van der Waals surface area (Å²) in [6.07, 6.45) is 0. The molecule has 0 saturated carbocycles. The number of rotatable bonds is 4. The quantitative estimate of drug-likeness (QED) is 0.859. The molecule has 1 unspecified atom stereocenters. The molecule has 0 spiro atoms. The van der Waals surface area contributed by atoms with E-state index in [9.17, 15) is 9.18 Å². The molecule has 1 amide bonds. The van der Waals surface area contributed by atoms with Crippen LogP contribution in [0.25, 0.3) is 0 Å². The summed E-state index contributed by atoms with van der Waals surface area (Å²) in [6.45, 7) is 5.43. The van der Waals surface area contributed by atoms with Crippen LogP contribution in [-0.2, 0) is 0 Å². The fourth-order valence-electron chi connectivity index (χ4n) is 1.29. The van der Waals surface area contributed by atoms with Gasteiger partial charge in [-0.05, 0) is 39.0 Å². The molecule has 0 aliphatic rings. The van der Waals surface area contributed by atoms with E-state index >= 15 is 0 Å². The number of hydrogen-bond donors (Lipinski definition) is 2. The average molecular weight is 254 g/mol. The van der Waals surface area contributed by atoms with Crippen molar-refractivity contribution in [1.29, 1.82) is 0 Å². The molecule has 1 aromatic rings. The van der Waals surface area contributed by atoms with Gasteiger partial charge in [0.15, 0.2) is 11.6 Å². The SMILES string of the molecule is COc1ccc(C(=O)NC(C)(C)C(C)N)cc1F. The molecule has 1 rings (SSSR count). The van der Waals surface area contributed by atoms with Gasteiger partial charge in [0, 0.05) is 17.1 Å². The number of halogens is 1. The summed E-state index contributed by atoms with van der Waals surface area (Å²) in [5, 5.41) is 2.77. The van der Waals surface area contributed by atoms with E-state index in [0.717, 1.165) is 6.07 Å². The summed E-state index contributed by atoms with van der Waals surface area (Å²) in [5.74, 6) is -0.819. The second-order valence-corrected chi connectivity index (χ2v) is 4.81. The van der Waals surface area contributed by atoms with E-state index in [0.29, 0.717) is 0 Å². The molecule has 0 heterocycles. The highest BCUT2D eigenvalue weighted by Gasteiger charge is 2.25. The van der Waals surface area contributed by atoms with Crippen LogP contribution in [0, 0.1) is 5.82 Å². The van der Waals surface area contributed by atoms with E-state index in [1.165, 1.54) is 19.2 Å². The summed E-state index contributed by atoms with van der Waals surface area (Å²) in [4.78, 5) is 11.9. The molecule has 0 aromatic heterocycles. The summed E-state index contributed by atoms with van der Waals surface area (Å²) >= 11 is 0. The molecule has 1 atom stereocenters. The number of hydrogen-bond acceptors (Lipinski definition) is 3. The topological polar surface area (TPSA) is 64.3 Å². The van der Waals surface area contributed by atoms with Crippen molar-refractivity contribution in [2.24, 2.45) is 5.73 Å². The summed E-state index contributed by atoms with van der Waals surface area (Å²) in [7, 11) is 1.37. The Bertz CT molecular complexity index is 445. The van der Waals surface area contributed by atoms with Crippen LogP contribution >= 0.6 is 0 Å². The van der Waals surface area contributed by atoms with Crippen molar-refractivity contribution in [3.63, 3.8) is 0 Å². The van der Waals surface area contributed by atoms with Gasteiger partial charge in [-0.3, -0.25) is 4.79 Å². The van der Waals surface area contributed by atoms with Gasteiger partial charge in [0.05, 0.1) is 7.11 Å². The molecule has 0 bridgehead atoms. The number of ether oxygens (including phenoxy) is 1. The van der Waals surface area contributed by atoms with Crippen molar-refractivity contribution in [1.82, 2.24) is 5.32 Å². The molecular weight excluding hydrogens is 235 g/mol. The van der Waals surface area contributed by atoms with Crippen molar-refractivity contribution in [3.05, 3.63) is 29.6 Å². The normalized spacial score (nSPS) is 13.0. The first kappa shape index (κ1) is 14.4. The van der Waals surface area contributed by atoms with E-state index in [4.69, 9.17) is 10.5 Å². The summed E-state index contributed by atoms with van der Waals surface area (Å²) < 4.78 is 18.3. The number of nitrogens with one attached hydrogen (secondary N) is 1. The third kappa shape index (κ3) is 3.20. The Balaban J connectivity index is 2.89. The Morgan fingerprint density at radius 2 is 2.11 bits per heavy atom. The predicted octanol–water partition coefficient (Wildman–Crippen LogP) is 1.69. The molecule has 100 valence electrons. The highest BCUT2D eigenvalue weighted by molar-refractivity contribution is 5.94. The van der Waals surface area contributed by atoms with Gasteiger partial charge in [0.2, 0.25) is 0 Å². The van der Waals surface area contributed by atoms with Crippen LogP contribution in [0.2, 0.25) is 0 Å². The van der Waals surface area contributed by atoms with Crippen LogP contribution in [0.15, 0.2) is 18.2 Å². The lowest BCUT2D eigenvalue weighted by atomic mass is 9.96. The Morgan fingerprint density at radius 1 is 1.50 bits per heavy atom. The molecule has 0 aliphatic heterocycles.